The maximum absolute atomic E-state index is 4.70. The summed E-state index contributed by atoms with van der Waals surface area (Å²) < 4.78 is 0. The molecule has 0 N–H and O–H groups in total. The van der Waals surface area contributed by atoms with Crippen molar-refractivity contribution in [2.75, 3.05) is 0 Å². The normalized spacial score (nSPS) is 11.9. The number of hydrogen-bond donors (Lipinski definition) is 0. The van der Waals surface area contributed by atoms with Gasteiger partial charge >= 0.3 is 0 Å². The molecule has 0 saturated carbocycles. The van der Waals surface area contributed by atoms with Crippen molar-refractivity contribution in [3.63, 3.8) is 0 Å². The Morgan fingerprint density at radius 1 is 1.10 bits per heavy atom. The summed E-state index contributed by atoms with van der Waals surface area (Å²) in [5, 5.41) is 3.42. The van der Waals surface area contributed by atoms with Gasteiger partial charge in [-0.25, -0.2) is 4.98 Å². The van der Waals surface area contributed by atoms with Gasteiger partial charge in [-0.15, -0.1) is 11.3 Å². The van der Waals surface area contributed by atoms with Crippen LogP contribution in [0.1, 0.15) is 60.7 Å². The highest BCUT2D eigenvalue weighted by Gasteiger charge is 2.16. The molecule has 0 atom stereocenters. The average Bonchev–Trinajstić information content (AvgIpc) is 2.80. The predicted octanol–water partition coefficient (Wildman–Crippen LogP) is 5.21. The largest absolute Gasteiger partial charge is 0.246 e. The molecule has 2 aromatic rings. The fraction of sp³-hybridized carbons (Fsp3) is 0.500. The van der Waals surface area contributed by atoms with E-state index in [9.17, 15) is 0 Å². The van der Waals surface area contributed by atoms with Crippen LogP contribution >= 0.6 is 11.3 Å². The van der Waals surface area contributed by atoms with E-state index in [4.69, 9.17) is 4.98 Å². The molecule has 1 nitrogen and oxygen atoms in total. The van der Waals surface area contributed by atoms with E-state index in [1.54, 1.807) is 11.3 Å². The Balaban J connectivity index is 2.33. The first-order valence-electron chi connectivity index (χ1n) is 7.35. The van der Waals surface area contributed by atoms with Crippen LogP contribution in [0, 0.1) is 13.8 Å². The standard InChI is InChI=1S/C18H25NS/c1-7-15-11-20-17(19-15)10-16-12(2)8-14(9-13(16)3)18(4,5)6/h8-9,11H,7,10H2,1-6H3. The molecule has 0 unspecified atom stereocenters. The van der Waals surface area contributed by atoms with Crippen LogP contribution in [0.4, 0.5) is 0 Å². The molecule has 0 saturated heterocycles. The Morgan fingerprint density at radius 2 is 1.70 bits per heavy atom. The van der Waals surface area contributed by atoms with Gasteiger partial charge in [0.15, 0.2) is 0 Å². The van der Waals surface area contributed by atoms with Gasteiger partial charge < -0.3 is 0 Å². The molecule has 2 heteroatoms. The zero-order valence-electron chi connectivity index (χ0n) is 13.5. The molecule has 20 heavy (non-hydrogen) atoms. The molecule has 0 aliphatic heterocycles. The van der Waals surface area contributed by atoms with E-state index >= 15 is 0 Å². The van der Waals surface area contributed by atoms with E-state index < -0.39 is 0 Å². The molecule has 0 radical (unpaired) electrons. The van der Waals surface area contributed by atoms with Gasteiger partial charge in [0.1, 0.15) is 0 Å². The first kappa shape index (κ1) is 15.2. The summed E-state index contributed by atoms with van der Waals surface area (Å²) in [5.74, 6) is 0. The third-order valence-corrected chi connectivity index (χ3v) is 4.75. The summed E-state index contributed by atoms with van der Waals surface area (Å²) >= 11 is 1.79. The second-order valence-electron chi connectivity index (χ2n) is 6.60. The SMILES string of the molecule is CCc1csc(Cc2c(C)cc(C(C)(C)C)cc2C)n1. The van der Waals surface area contributed by atoms with Crippen LogP contribution < -0.4 is 0 Å². The molecule has 2 rings (SSSR count). The molecule has 1 aromatic heterocycles. The zero-order chi connectivity index (χ0) is 14.9. The third-order valence-electron chi connectivity index (χ3n) is 3.85. The monoisotopic (exact) mass is 287 g/mol. The van der Waals surface area contributed by atoms with Gasteiger partial charge in [-0.05, 0) is 47.9 Å². The summed E-state index contributed by atoms with van der Waals surface area (Å²) in [6.07, 6.45) is 1.99. The molecule has 0 fully saturated rings. The van der Waals surface area contributed by atoms with E-state index in [1.165, 1.54) is 33.0 Å². The Bertz CT molecular complexity index is 579. The topological polar surface area (TPSA) is 12.9 Å². The summed E-state index contributed by atoms with van der Waals surface area (Å²) in [6, 6.07) is 4.69. The van der Waals surface area contributed by atoms with E-state index in [0.717, 1.165) is 12.8 Å². The number of hydrogen-bond acceptors (Lipinski definition) is 2. The Morgan fingerprint density at radius 3 is 2.15 bits per heavy atom. The van der Waals surface area contributed by atoms with Crippen LogP contribution in [0.15, 0.2) is 17.5 Å². The number of aromatic nitrogens is 1. The third kappa shape index (κ3) is 3.29. The zero-order valence-corrected chi connectivity index (χ0v) is 14.3. The quantitative estimate of drug-likeness (QED) is 0.755. The molecular weight excluding hydrogens is 262 g/mol. The van der Waals surface area contributed by atoms with Gasteiger partial charge in [-0.2, -0.15) is 0 Å². The minimum Gasteiger partial charge on any atom is -0.246 e. The highest BCUT2D eigenvalue weighted by molar-refractivity contribution is 7.09. The number of thiazole rings is 1. The van der Waals surface area contributed by atoms with Crippen molar-refractivity contribution in [2.24, 2.45) is 0 Å². The molecule has 1 heterocycles. The van der Waals surface area contributed by atoms with Crippen LogP contribution in [0.2, 0.25) is 0 Å². The Labute approximate surface area is 127 Å². The van der Waals surface area contributed by atoms with Crippen molar-refractivity contribution in [1.82, 2.24) is 4.98 Å². The van der Waals surface area contributed by atoms with Crippen molar-refractivity contribution >= 4 is 11.3 Å². The number of benzene rings is 1. The lowest BCUT2D eigenvalue weighted by molar-refractivity contribution is 0.589. The fourth-order valence-electron chi connectivity index (χ4n) is 2.45. The highest BCUT2D eigenvalue weighted by Crippen LogP contribution is 2.28. The van der Waals surface area contributed by atoms with E-state index in [1.807, 2.05) is 0 Å². The van der Waals surface area contributed by atoms with Crippen LogP contribution in [0.5, 0.6) is 0 Å². The van der Waals surface area contributed by atoms with E-state index in [2.05, 4.69) is 59.1 Å². The minimum absolute atomic E-state index is 0.213. The van der Waals surface area contributed by atoms with Crippen LogP contribution in [-0.4, -0.2) is 4.98 Å². The molecule has 0 spiro atoms. The Kier molecular flexibility index (Phi) is 4.33. The average molecular weight is 287 g/mol. The lowest BCUT2D eigenvalue weighted by atomic mass is 9.83. The van der Waals surface area contributed by atoms with Gasteiger partial charge in [0.2, 0.25) is 0 Å². The second kappa shape index (κ2) is 5.69. The van der Waals surface area contributed by atoms with E-state index in [-0.39, 0.29) is 5.41 Å². The van der Waals surface area contributed by atoms with Crippen LogP contribution in [0.25, 0.3) is 0 Å². The summed E-state index contributed by atoms with van der Waals surface area (Å²) in [5.41, 5.74) is 7.07. The maximum Gasteiger partial charge on any atom is 0.0972 e. The van der Waals surface area contributed by atoms with Gasteiger partial charge in [0.25, 0.3) is 0 Å². The van der Waals surface area contributed by atoms with Crippen molar-refractivity contribution in [1.29, 1.82) is 0 Å². The summed E-state index contributed by atoms with van der Waals surface area (Å²) in [7, 11) is 0. The van der Waals surface area contributed by atoms with Crippen LogP contribution in [-0.2, 0) is 18.3 Å². The van der Waals surface area contributed by atoms with E-state index in [0.29, 0.717) is 0 Å². The smallest absolute Gasteiger partial charge is 0.0972 e. The predicted molar refractivity (Wildman–Crippen MR) is 88.9 cm³/mol. The first-order chi connectivity index (χ1) is 9.31. The van der Waals surface area contributed by atoms with Crippen molar-refractivity contribution in [3.8, 4) is 0 Å². The lowest BCUT2D eigenvalue weighted by Crippen LogP contribution is -2.12. The van der Waals surface area contributed by atoms with Gasteiger partial charge in [0.05, 0.1) is 10.7 Å². The first-order valence-corrected chi connectivity index (χ1v) is 8.23. The maximum atomic E-state index is 4.70. The summed E-state index contributed by atoms with van der Waals surface area (Å²) in [4.78, 5) is 4.70. The minimum atomic E-state index is 0.213. The number of nitrogens with zero attached hydrogens (tertiary/aromatic N) is 1. The van der Waals surface area contributed by atoms with Crippen LogP contribution in [0.3, 0.4) is 0 Å². The lowest BCUT2D eigenvalue weighted by Gasteiger charge is -2.22. The highest BCUT2D eigenvalue weighted by atomic mass is 32.1. The molecule has 1 aromatic carbocycles. The van der Waals surface area contributed by atoms with Gasteiger partial charge in [0, 0.05) is 11.8 Å². The molecule has 0 aliphatic rings. The van der Waals surface area contributed by atoms with Crippen molar-refractivity contribution in [3.05, 3.63) is 50.5 Å². The summed E-state index contributed by atoms with van der Waals surface area (Å²) in [6.45, 7) is 13.4. The molecule has 0 aliphatic carbocycles. The van der Waals surface area contributed by atoms with Crippen molar-refractivity contribution < 1.29 is 0 Å². The second-order valence-corrected chi connectivity index (χ2v) is 7.54. The van der Waals surface area contributed by atoms with Gasteiger partial charge in [-0.3, -0.25) is 0 Å². The number of rotatable bonds is 3. The molecule has 0 amide bonds. The molecule has 108 valence electrons. The van der Waals surface area contributed by atoms with Crippen molar-refractivity contribution in [2.45, 2.75) is 59.8 Å². The molecular formula is C18H25NS. The Hall–Kier alpha value is -1.15. The molecule has 0 bridgehead atoms. The fourth-order valence-corrected chi connectivity index (χ4v) is 3.34. The number of aryl methyl sites for hydroxylation is 3. The van der Waals surface area contributed by atoms with Gasteiger partial charge in [-0.1, -0.05) is 39.8 Å².